The molecule has 0 radical (unpaired) electrons. The van der Waals surface area contributed by atoms with E-state index in [-0.39, 0.29) is 11.4 Å². The molecule has 46 heavy (non-hydrogen) atoms. The number of anilines is 1. The Balaban J connectivity index is 1.35. The summed E-state index contributed by atoms with van der Waals surface area (Å²) in [5.74, 6) is 0. The lowest BCUT2D eigenvalue weighted by Gasteiger charge is -2.29. The van der Waals surface area contributed by atoms with E-state index in [2.05, 4.69) is 22.0 Å². The molecule has 0 saturated heterocycles. The van der Waals surface area contributed by atoms with Crippen molar-refractivity contribution in [1.29, 1.82) is 0 Å². The third-order valence-electron chi connectivity index (χ3n) is 7.24. The molecule has 11 heteroatoms. The number of carbonyl (C=O) groups is 1. The van der Waals surface area contributed by atoms with Crippen molar-refractivity contribution < 1.29 is 23.1 Å². The Labute approximate surface area is 276 Å². The molecule has 1 atom stereocenters. The highest BCUT2D eigenvalue weighted by molar-refractivity contribution is 7.92. The minimum Gasteiger partial charge on any atom is -0.444 e. The largest absolute Gasteiger partial charge is 0.444 e. The maximum atomic E-state index is 13.1. The molecule has 0 aliphatic carbocycles. The molecule has 2 N–H and O–H groups in total. The molecule has 9 nitrogen and oxygen atoms in total. The summed E-state index contributed by atoms with van der Waals surface area (Å²) in [5.41, 5.74) is 3.21. The lowest BCUT2D eigenvalue weighted by atomic mass is 10.1. The molecule has 2 aromatic heterocycles. The number of hydrogen-bond donors (Lipinski definition) is 2. The molecule has 4 rings (SSSR count). The highest BCUT2D eigenvalue weighted by atomic mass is 32.2. The fourth-order valence-corrected chi connectivity index (χ4v) is 6.67. The van der Waals surface area contributed by atoms with Gasteiger partial charge in [-0.25, -0.2) is 18.2 Å². The molecule has 0 unspecified atom stereocenters. The number of sulfonamides is 1. The van der Waals surface area contributed by atoms with Gasteiger partial charge >= 0.3 is 6.09 Å². The van der Waals surface area contributed by atoms with Crippen LogP contribution in [0.25, 0.3) is 10.6 Å². The van der Waals surface area contributed by atoms with E-state index >= 15 is 0 Å². The van der Waals surface area contributed by atoms with E-state index in [1.54, 1.807) is 93.0 Å². The van der Waals surface area contributed by atoms with E-state index in [1.807, 2.05) is 12.1 Å². The van der Waals surface area contributed by atoms with Gasteiger partial charge in [-0.2, -0.15) is 0 Å². The van der Waals surface area contributed by atoms with Crippen LogP contribution in [0.15, 0.2) is 83.3 Å². The zero-order chi connectivity index (χ0) is 33.2. The molecule has 0 fully saturated rings. The molecule has 0 saturated carbocycles. The lowest BCUT2D eigenvalue weighted by Crippen LogP contribution is -2.40. The third kappa shape index (κ3) is 10.6. The smallest absolute Gasteiger partial charge is 0.410 e. The number of aliphatic hydroxyl groups is 1. The number of hydrogen-bond acceptors (Lipinski definition) is 8. The van der Waals surface area contributed by atoms with E-state index in [9.17, 15) is 18.3 Å². The van der Waals surface area contributed by atoms with Gasteiger partial charge < -0.3 is 14.7 Å². The molecule has 2 heterocycles. The number of nitrogens with zero attached hydrogens (tertiary/aromatic N) is 3. The van der Waals surface area contributed by atoms with Gasteiger partial charge in [-0.05, 0) is 75.9 Å². The Morgan fingerprint density at radius 2 is 1.76 bits per heavy atom. The number of rotatable bonds is 15. The van der Waals surface area contributed by atoms with Crippen LogP contribution in [0.3, 0.4) is 0 Å². The Morgan fingerprint density at radius 3 is 2.41 bits per heavy atom. The van der Waals surface area contributed by atoms with Crippen LogP contribution in [0.5, 0.6) is 0 Å². The Morgan fingerprint density at radius 1 is 1.02 bits per heavy atom. The van der Waals surface area contributed by atoms with Gasteiger partial charge in [0.1, 0.15) is 10.6 Å². The molecule has 1 amide bonds. The van der Waals surface area contributed by atoms with Gasteiger partial charge in [0.15, 0.2) is 0 Å². The summed E-state index contributed by atoms with van der Waals surface area (Å²) in [5, 5.41) is 13.7. The lowest BCUT2D eigenvalue weighted by molar-refractivity contribution is 0.0146. The maximum absolute atomic E-state index is 13.1. The summed E-state index contributed by atoms with van der Waals surface area (Å²) in [6.07, 6.45) is 7.95. The summed E-state index contributed by atoms with van der Waals surface area (Å²) in [6, 6.07) is 17.3. The van der Waals surface area contributed by atoms with Gasteiger partial charge in [0.2, 0.25) is 0 Å². The average Bonchev–Trinajstić information content (AvgIpc) is 3.50. The Kier molecular flexibility index (Phi) is 12.3. The normalized spacial score (nSPS) is 12.5. The van der Waals surface area contributed by atoms with Crippen molar-refractivity contribution in [3.63, 3.8) is 0 Å². The number of benzene rings is 2. The zero-order valence-corrected chi connectivity index (χ0v) is 28.6. The standard InChI is InChI=1S/C35H44N4O5S2/c1-5-6-7-8-11-30-25-45-33(37-30)27-14-18-31(19-15-27)46(42,43)38-29-16-12-26(13-17-29)20-22-39(34(41)44-35(2,3)4)24-32(40)28-10-9-21-36-23-28/h9-10,12-19,21,23,25,32,38,40H,5-8,11,20,22,24H2,1-4H3/t32-/m0/s1. The van der Waals surface area contributed by atoms with Gasteiger partial charge in [-0.3, -0.25) is 9.71 Å². The molecule has 2 aromatic carbocycles. The van der Waals surface area contributed by atoms with Crippen LogP contribution >= 0.6 is 11.3 Å². The van der Waals surface area contributed by atoms with Crippen LogP contribution in [0, 0.1) is 0 Å². The summed E-state index contributed by atoms with van der Waals surface area (Å²) in [6.45, 7) is 7.91. The number of carbonyl (C=O) groups excluding carboxylic acids is 1. The fraction of sp³-hybridized carbons (Fsp3) is 0.400. The van der Waals surface area contributed by atoms with Gasteiger partial charge in [0, 0.05) is 41.1 Å². The summed E-state index contributed by atoms with van der Waals surface area (Å²) in [7, 11) is -3.80. The first-order chi connectivity index (χ1) is 21.9. The number of amides is 1. The van der Waals surface area contributed by atoms with Crippen molar-refractivity contribution in [1.82, 2.24) is 14.9 Å². The van der Waals surface area contributed by atoms with Gasteiger partial charge in [-0.1, -0.05) is 56.5 Å². The number of aryl methyl sites for hydroxylation is 1. The molecule has 0 spiro atoms. The molecule has 4 aromatic rings. The monoisotopic (exact) mass is 664 g/mol. The Bertz CT molecular complexity index is 1640. The summed E-state index contributed by atoms with van der Waals surface area (Å²) < 4.78 is 34.5. The van der Waals surface area contributed by atoms with Crippen molar-refractivity contribution >= 4 is 33.1 Å². The van der Waals surface area contributed by atoms with Crippen molar-refractivity contribution in [2.45, 2.75) is 82.8 Å². The minimum atomic E-state index is -3.80. The quantitative estimate of drug-likeness (QED) is 0.125. The van der Waals surface area contributed by atoms with Crippen LogP contribution < -0.4 is 4.72 Å². The highest BCUT2D eigenvalue weighted by Crippen LogP contribution is 2.27. The molecule has 0 aliphatic heterocycles. The first-order valence-corrected chi connectivity index (χ1v) is 18.0. The number of aliphatic hydroxyl groups excluding tert-OH is 1. The Hall–Kier alpha value is -3.80. The molecule has 0 bridgehead atoms. The van der Waals surface area contributed by atoms with E-state index in [4.69, 9.17) is 9.72 Å². The van der Waals surface area contributed by atoms with Crippen molar-refractivity contribution in [2.24, 2.45) is 0 Å². The fourth-order valence-electron chi connectivity index (χ4n) is 4.75. The number of aromatic nitrogens is 2. The van der Waals surface area contributed by atoms with Gasteiger partial charge in [0.05, 0.1) is 23.2 Å². The molecule has 0 aliphatic rings. The number of pyridine rings is 1. The predicted octanol–water partition coefficient (Wildman–Crippen LogP) is 7.64. The third-order valence-corrected chi connectivity index (χ3v) is 9.58. The van der Waals surface area contributed by atoms with E-state index in [1.165, 1.54) is 24.2 Å². The summed E-state index contributed by atoms with van der Waals surface area (Å²) >= 11 is 1.57. The number of ether oxygens (including phenoxy) is 1. The number of nitrogens with one attached hydrogen (secondary N) is 1. The van der Waals surface area contributed by atoms with Gasteiger partial charge in [-0.15, -0.1) is 11.3 Å². The zero-order valence-electron chi connectivity index (χ0n) is 27.0. The second-order valence-electron chi connectivity index (χ2n) is 12.3. The molecule has 246 valence electrons. The predicted molar refractivity (Wildman–Crippen MR) is 183 cm³/mol. The van der Waals surface area contributed by atoms with Crippen LogP contribution in [0.1, 0.15) is 76.3 Å². The van der Waals surface area contributed by atoms with Gasteiger partial charge in [0.25, 0.3) is 10.0 Å². The number of thiazole rings is 1. The molecular formula is C35H44N4O5S2. The second kappa shape index (κ2) is 16.2. The van der Waals surface area contributed by atoms with Crippen LogP contribution in [-0.2, 0) is 27.6 Å². The van der Waals surface area contributed by atoms with E-state index in [0.717, 1.165) is 34.7 Å². The minimum absolute atomic E-state index is 0.0417. The SMILES string of the molecule is CCCCCCc1csc(-c2ccc(S(=O)(=O)Nc3ccc(CCN(C[C@H](O)c4cccnc4)C(=O)OC(C)(C)C)cc3)cc2)n1. The van der Waals surface area contributed by atoms with Crippen LogP contribution in [-0.4, -0.2) is 53.2 Å². The van der Waals surface area contributed by atoms with Crippen molar-refractivity contribution in [2.75, 3.05) is 17.8 Å². The summed E-state index contributed by atoms with van der Waals surface area (Å²) in [4.78, 5) is 23.4. The first-order valence-electron chi connectivity index (χ1n) is 15.7. The second-order valence-corrected chi connectivity index (χ2v) is 14.8. The van der Waals surface area contributed by atoms with E-state index < -0.39 is 27.8 Å². The topological polar surface area (TPSA) is 122 Å². The maximum Gasteiger partial charge on any atom is 0.410 e. The molecular weight excluding hydrogens is 621 g/mol. The van der Waals surface area contributed by atoms with Crippen molar-refractivity contribution in [3.05, 3.63) is 95.3 Å². The average molecular weight is 665 g/mol. The highest BCUT2D eigenvalue weighted by Gasteiger charge is 2.25. The van der Waals surface area contributed by atoms with Crippen LogP contribution in [0.4, 0.5) is 10.5 Å². The number of unbranched alkanes of at least 4 members (excludes halogenated alkanes) is 3. The van der Waals surface area contributed by atoms with Crippen LogP contribution in [0.2, 0.25) is 0 Å². The van der Waals surface area contributed by atoms with E-state index in [0.29, 0.717) is 24.2 Å². The van der Waals surface area contributed by atoms with Crippen molar-refractivity contribution in [3.8, 4) is 10.6 Å². The first kappa shape index (κ1) is 35.1.